The number of nitrogens with one attached hydrogen (secondary N) is 1. The summed E-state index contributed by atoms with van der Waals surface area (Å²) in [7, 11) is 3.26. The highest BCUT2D eigenvalue weighted by Gasteiger charge is 2.10. The maximum absolute atomic E-state index is 5.34. The van der Waals surface area contributed by atoms with Crippen molar-refractivity contribution < 1.29 is 9.47 Å². The van der Waals surface area contributed by atoms with Gasteiger partial charge in [0.15, 0.2) is 11.5 Å². The van der Waals surface area contributed by atoms with Crippen molar-refractivity contribution in [3.05, 3.63) is 45.7 Å². The van der Waals surface area contributed by atoms with Crippen LogP contribution in [0.1, 0.15) is 17.0 Å². The van der Waals surface area contributed by atoms with Crippen molar-refractivity contribution in [2.75, 3.05) is 19.5 Å². The zero-order valence-electron chi connectivity index (χ0n) is 12.7. The Hall–Kier alpha value is -1.75. The summed E-state index contributed by atoms with van der Waals surface area (Å²) < 4.78 is 11.6. The van der Waals surface area contributed by atoms with Crippen LogP contribution in [0.3, 0.4) is 0 Å². The molecule has 1 heterocycles. The van der Waals surface area contributed by atoms with Crippen LogP contribution in [0.5, 0.6) is 11.5 Å². The lowest BCUT2D eigenvalue weighted by atomic mass is 10.2. The summed E-state index contributed by atoms with van der Waals surface area (Å²) in [5.74, 6) is 1.43. The molecule has 0 aliphatic rings. The van der Waals surface area contributed by atoms with E-state index in [9.17, 15) is 0 Å². The summed E-state index contributed by atoms with van der Waals surface area (Å²) in [6.45, 7) is 4.66. The van der Waals surface area contributed by atoms with Gasteiger partial charge in [0.05, 0.1) is 25.6 Å². The Balaban J connectivity index is 2.19. The van der Waals surface area contributed by atoms with Gasteiger partial charge >= 0.3 is 0 Å². The van der Waals surface area contributed by atoms with E-state index < -0.39 is 0 Å². The third kappa shape index (κ3) is 3.67. The summed E-state index contributed by atoms with van der Waals surface area (Å²) in [5.41, 5.74) is 4.13. The minimum absolute atomic E-state index is 0.673. The van der Waals surface area contributed by atoms with E-state index in [1.807, 2.05) is 38.1 Å². The second kappa shape index (κ2) is 6.80. The van der Waals surface area contributed by atoms with Gasteiger partial charge in [-0.05, 0) is 43.7 Å². The zero-order valence-corrected chi connectivity index (χ0v) is 14.2. The largest absolute Gasteiger partial charge is 0.493 e. The van der Waals surface area contributed by atoms with Crippen LogP contribution in [-0.4, -0.2) is 19.2 Å². The van der Waals surface area contributed by atoms with Gasteiger partial charge in [-0.15, -0.1) is 0 Å². The number of aryl methyl sites for hydroxylation is 2. The van der Waals surface area contributed by atoms with Gasteiger partial charge in [0, 0.05) is 16.7 Å². The van der Waals surface area contributed by atoms with Crippen LogP contribution in [0.15, 0.2) is 28.7 Å². The lowest BCUT2D eigenvalue weighted by molar-refractivity contribution is 0.354. The summed E-state index contributed by atoms with van der Waals surface area (Å²) in [6, 6.07) is 7.92. The van der Waals surface area contributed by atoms with Crippen molar-refractivity contribution in [3.8, 4) is 11.5 Å². The molecule has 2 rings (SSSR count). The molecular formula is C16H19BrN2O2. The fourth-order valence-electron chi connectivity index (χ4n) is 2.10. The first-order chi connectivity index (χ1) is 10.0. The maximum atomic E-state index is 5.34. The Labute approximate surface area is 133 Å². The Morgan fingerprint density at radius 1 is 1.10 bits per heavy atom. The summed E-state index contributed by atoms with van der Waals surface area (Å²) in [6.07, 6.45) is 0. The number of nitrogens with zero attached hydrogens (tertiary/aromatic N) is 1. The van der Waals surface area contributed by atoms with E-state index >= 15 is 0 Å². The van der Waals surface area contributed by atoms with E-state index in [2.05, 4.69) is 26.2 Å². The molecule has 0 saturated heterocycles. The van der Waals surface area contributed by atoms with Gasteiger partial charge in [0.25, 0.3) is 0 Å². The molecule has 0 aliphatic carbocycles. The Morgan fingerprint density at radius 2 is 1.76 bits per heavy atom. The zero-order chi connectivity index (χ0) is 15.4. The number of aromatic nitrogens is 1. The molecule has 112 valence electrons. The van der Waals surface area contributed by atoms with Crippen molar-refractivity contribution >= 4 is 21.6 Å². The van der Waals surface area contributed by atoms with Crippen molar-refractivity contribution in [2.24, 2.45) is 0 Å². The normalized spacial score (nSPS) is 10.3. The van der Waals surface area contributed by atoms with Crippen LogP contribution in [0.2, 0.25) is 0 Å². The fourth-order valence-corrected chi connectivity index (χ4v) is 2.56. The minimum atomic E-state index is 0.673. The third-order valence-electron chi connectivity index (χ3n) is 3.25. The summed E-state index contributed by atoms with van der Waals surface area (Å²) >= 11 is 3.56. The molecule has 0 atom stereocenters. The van der Waals surface area contributed by atoms with Gasteiger partial charge in [-0.25, -0.2) is 0 Å². The Morgan fingerprint density at radius 3 is 2.38 bits per heavy atom. The number of anilines is 1. The van der Waals surface area contributed by atoms with Crippen molar-refractivity contribution in [2.45, 2.75) is 20.4 Å². The molecular weight excluding hydrogens is 332 g/mol. The van der Waals surface area contributed by atoms with Crippen molar-refractivity contribution in [3.63, 3.8) is 0 Å². The number of hydrogen-bond acceptors (Lipinski definition) is 4. The number of methoxy groups -OCH3 is 2. The van der Waals surface area contributed by atoms with E-state index in [0.717, 1.165) is 32.9 Å². The number of benzene rings is 1. The number of halogens is 1. The Kier molecular flexibility index (Phi) is 5.07. The molecule has 1 aromatic heterocycles. The van der Waals surface area contributed by atoms with E-state index in [0.29, 0.717) is 12.3 Å². The monoisotopic (exact) mass is 350 g/mol. The first kappa shape index (κ1) is 15.6. The molecule has 1 N–H and O–H groups in total. The van der Waals surface area contributed by atoms with E-state index in [-0.39, 0.29) is 0 Å². The highest BCUT2D eigenvalue weighted by atomic mass is 79.9. The average Bonchev–Trinajstić information content (AvgIpc) is 2.47. The van der Waals surface area contributed by atoms with Gasteiger partial charge in [-0.2, -0.15) is 0 Å². The van der Waals surface area contributed by atoms with Crippen LogP contribution in [0, 0.1) is 13.8 Å². The van der Waals surface area contributed by atoms with Crippen LogP contribution in [-0.2, 0) is 6.54 Å². The molecule has 0 aliphatic heterocycles. The van der Waals surface area contributed by atoms with Crippen molar-refractivity contribution in [1.29, 1.82) is 0 Å². The van der Waals surface area contributed by atoms with Gasteiger partial charge in [0.2, 0.25) is 0 Å². The molecule has 1 aromatic carbocycles. The predicted octanol–water partition coefficient (Wildman–Crippen LogP) is 4.09. The van der Waals surface area contributed by atoms with Gasteiger partial charge < -0.3 is 14.8 Å². The number of ether oxygens (including phenoxy) is 2. The fraction of sp³-hybridized carbons (Fsp3) is 0.312. The SMILES string of the molecule is COc1cc(Br)c(CNc2ccc(C)nc2C)cc1OC. The highest BCUT2D eigenvalue weighted by molar-refractivity contribution is 9.10. The van der Waals surface area contributed by atoms with E-state index in [4.69, 9.17) is 9.47 Å². The van der Waals surface area contributed by atoms with Gasteiger partial charge in [0.1, 0.15) is 0 Å². The second-order valence-electron chi connectivity index (χ2n) is 4.74. The molecule has 0 spiro atoms. The first-order valence-electron chi connectivity index (χ1n) is 6.63. The lowest BCUT2D eigenvalue weighted by Crippen LogP contribution is -2.04. The number of pyridine rings is 1. The molecule has 2 aromatic rings. The molecule has 0 amide bonds. The van der Waals surface area contributed by atoms with Gasteiger partial charge in [-0.3, -0.25) is 4.98 Å². The van der Waals surface area contributed by atoms with E-state index in [1.54, 1.807) is 14.2 Å². The summed E-state index contributed by atoms with van der Waals surface area (Å²) in [4.78, 5) is 4.45. The third-order valence-corrected chi connectivity index (χ3v) is 3.99. The minimum Gasteiger partial charge on any atom is -0.493 e. The maximum Gasteiger partial charge on any atom is 0.161 e. The summed E-state index contributed by atoms with van der Waals surface area (Å²) in [5, 5.41) is 3.40. The lowest BCUT2D eigenvalue weighted by Gasteiger charge is -2.14. The molecule has 0 saturated carbocycles. The first-order valence-corrected chi connectivity index (χ1v) is 7.43. The average molecular weight is 351 g/mol. The molecule has 21 heavy (non-hydrogen) atoms. The quantitative estimate of drug-likeness (QED) is 0.881. The number of rotatable bonds is 5. The molecule has 4 nitrogen and oxygen atoms in total. The van der Waals surface area contributed by atoms with Gasteiger partial charge in [-0.1, -0.05) is 15.9 Å². The molecule has 0 radical (unpaired) electrons. The molecule has 0 bridgehead atoms. The van der Waals surface area contributed by atoms with Crippen LogP contribution >= 0.6 is 15.9 Å². The van der Waals surface area contributed by atoms with Crippen molar-refractivity contribution in [1.82, 2.24) is 4.98 Å². The van der Waals surface area contributed by atoms with Crippen LogP contribution in [0.4, 0.5) is 5.69 Å². The Bertz CT molecular complexity index is 644. The predicted molar refractivity (Wildman–Crippen MR) is 88.3 cm³/mol. The van der Waals surface area contributed by atoms with Crippen LogP contribution in [0.25, 0.3) is 0 Å². The topological polar surface area (TPSA) is 43.4 Å². The molecule has 0 fully saturated rings. The number of hydrogen-bond donors (Lipinski definition) is 1. The molecule has 5 heteroatoms. The molecule has 0 unspecified atom stereocenters. The standard InChI is InChI=1S/C16H19BrN2O2/c1-10-5-6-14(11(2)19-10)18-9-12-7-15(20-3)16(21-4)8-13(12)17/h5-8,18H,9H2,1-4H3. The second-order valence-corrected chi connectivity index (χ2v) is 5.59. The van der Waals surface area contributed by atoms with Crippen LogP contribution < -0.4 is 14.8 Å². The highest BCUT2D eigenvalue weighted by Crippen LogP contribution is 2.33. The smallest absolute Gasteiger partial charge is 0.161 e. The van der Waals surface area contributed by atoms with E-state index in [1.165, 1.54) is 0 Å².